The Balaban J connectivity index is 1.97. The van der Waals surface area contributed by atoms with E-state index in [0.717, 1.165) is 22.3 Å². The Morgan fingerprint density at radius 2 is 1.04 bits per heavy atom. The Labute approximate surface area is 160 Å². The van der Waals surface area contributed by atoms with E-state index in [2.05, 4.69) is 88.4 Å². The zero-order valence-corrected chi connectivity index (χ0v) is 16.5. The SMILES string of the molecule is CC1=Cc2ccccc2C1(Cl)C(C)(C)C1(Cl)C(C)=Cc2ccccc21. The summed E-state index contributed by atoms with van der Waals surface area (Å²) in [5, 5.41) is 0. The standard InChI is InChI=1S/C23H22Cl2/c1-15-13-17-9-5-7-11-19(17)22(15,24)21(3,4)23(25)16(2)14-18-10-6-8-12-20(18)23/h5-14H,1-4H3. The summed E-state index contributed by atoms with van der Waals surface area (Å²) in [5.74, 6) is 0. The number of halogens is 2. The maximum Gasteiger partial charge on any atom is 0.0984 e. The molecule has 2 aliphatic carbocycles. The van der Waals surface area contributed by atoms with Gasteiger partial charge in [0, 0.05) is 5.41 Å². The summed E-state index contributed by atoms with van der Waals surface area (Å²) < 4.78 is 0. The predicted molar refractivity (Wildman–Crippen MR) is 109 cm³/mol. The molecule has 2 aliphatic rings. The molecule has 25 heavy (non-hydrogen) atoms. The Hall–Kier alpha value is -1.50. The lowest BCUT2D eigenvalue weighted by Crippen LogP contribution is -2.49. The van der Waals surface area contributed by atoms with Crippen LogP contribution < -0.4 is 0 Å². The molecule has 2 unspecified atom stereocenters. The summed E-state index contributed by atoms with van der Waals surface area (Å²) in [4.78, 5) is -1.31. The minimum atomic E-state index is -0.655. The lowest BCUT2D eigenvalue weighted by atomic mass is 9.61. The smallest absolute Gasteiger partial charge is 0.0984 e. The van der Waals surface area contributed by atoms with Crippen molar-refractivity contribution >= 4 is 35.4 Å². The molecule has 0 radical (unpaired) electrons. The molecule has 0 aliphatic heterocycles. The van der Waals surface area contributed by atoms with Crippen LogP contribution in [0.1, 0.15) is 49.9 Å². The van der Waals surface area contributed by atoms with E-state index in [1.807, 2.05) is 0 Å². The Kier molecular flexibility index (Phi) is 3.56. The summed E-state index contributed by atoms with van der Waals surface area (Å²) in [6.07, 6.45) is 4.40. The fourth-order valence-electron chi connectivity index (χ4n) is 4.86. The first-order valence-electron chi connectivity index (χ1n) is 8.69. The van der Waals surface area contributed by atoms with Gasteiger partial charge in [-0.05, 0) is 47.2 Å². The highest BCUT2D eigenvalue weighted by Gasteiger charge is 2.62. The van der Waals surface area contributed by atoms with Crippen LogP contribution in [0.3, 0.4) is 0 Å². The summed E-state index contributed by atoms with van der Waals surface area (Å²) in [6.45, 7) is 8.64. The molecule has 0 saturated heterocycles. The fourth-order valence-corrected chi connectivity index (χ4v) is 5.65. The number of benzene rings is 2. The molecule has 0 amide bonds. The van der Waals surface area contributed by atoms with Gasteiger partial charge in [0.05, 0.1) is 9.75 Å². The van der Waals surface area contributed by atoms with Crippen molar-refractivity contribution in [2.24, 2.45) is 5.41 Å². The van der Waals surface area contributed by atoms with Gasteiger partial charge in [-0.3, -0.25) is 0 Å². The zero-order valence-electron chi connectivity index (χ0n) is 15.0. The molecule has 0 fully saturated rings. The van der Waals surface area contributed by atoms with Crippen LogP contribution in [0, 0.1) is 5.41 Å². The first-order chi connectivity index (χ1) is 11.7. The minimum Gasteiger partial charge on any atom is -0.108 e. The van der Waals surface area contributed by atoms with Crippen molar-refractivity contribution in [1.29, 1.82) is 0 Å². The average Bonchev–Trinajstić information content (AvgIpc) is 3.02. The summed E-state index contributed by atoms with van der Waals surface area (Å²) >= 11 is 14.9. The monoisotopic (exact) mass is 368 g/mol. The summed E-state index contributed by atoms with van der Waals surface area (Å²) in [5.41, 5.74) is 6.54. The summed E-state index contributed by atoms with van der Waals surface area (Å²) in [6, 6.07) is 16.8. The average molecular weight is 369 g/mol. The topological polar surface area (TPSA) is 0 Å². The molecular weight excluding hydrogens is 347 g/mol. The van der Waals surface area contributed by atoms with Crippen LogP contribution >= 0.6 is 23.2 Å². The molecule has 0 bridgehead atoms. The van der Waals surface area contributed by atoms with E-state index >= 15 is 0 Å². The normalized spacial score (nSPS) is 27.6. The number of alkyl halides is 2. The van der Waals surface area contributed by atoms with E-state index < -0.39 is 15.2 Å². The number of hydrogen-bond acceptors (Lipinski definition) is 0. The minimum absolute atomic E-state index is 0.441. The van der Waals surface area contributed by atoms with Gasteiger partial charge in [0.15, 0.2) is 0 Å². The van der Waals surface area contributed by atoms with E-state index in [-0.39, 0.29) is 0 Å². The molecule has 2 aromatic carbocycles. The van der Waals surface area contributed by atoms with E-state index in [1.54, 1.807) is 0 Å². The molecule has 0 spiro atoms. The third-order valence-electron chi connectivity index (χ3n) is 6.22. The molecule has 2 heteroatoms. The number of fused-ring (bicyclic) bond motifs is 2. The van der Waals surface area contributed by atoms with Crippen molar-refractivity contribution < 1.29 is 0 Å². The van der Waals surface area contributed by atoms with E-state index in [4.69, 9.17) is 23.2 Å². The maximum absolute atomic E-state index is 7.46. The lowest BCUT2D eigenvalue weighted by molar-refractivity contribution is 0.212. The van der Waals surface area contributed by atoms with Gasteiger partial charge < -0.3 is 0 Å². The van der Waals surface area contributed by atoms with Gasteiger partial charge in [-0.25, -0.2) is 0 Å². The molecule has 2 aromatic rings. The fraction of sp³-hybridized carbons (Fsp3) is 0.304. The van der Waals surface area contributed by atoms with Crippen LogP contribution in [0.2, 0.25) is 0 Å². The molecule has 0 aromatic heterocycles. The second-order valence-electron chi connectivity index (χ2n) is 7.77. The Morgan fingerprint density at radius 1 is 0.680 bits per heavy atom. The first-order valence-corrected chi connectivity index (χ1v) is 9.44. The number of allylic oxidation sites excluding steroid dienone is 2. The quantitative estimate of drug-likeness (QED) is 0.495. The molecule has 128 valence electrons. The Bertz CT molecular complexity index is 859. The van der Waals surface area contributed by atoms with Crippen LogP contribution in [0.15, 0.2) is 59.7 Å². The van der Waals surface area contributed by atoms with E-state index in [0.29, 0.717) is 0 Å². The van der Waals surface area contributed by atoms with Gasteiger partial charge >= 0.3 is 0 Å². The van der Waals surface area contributed by atoms with Crippen molar-refractivity contribution in [2.75, 3.05) is 0 Å². The van der Waals surface area contributed by atoms with Crippen molar-refractivity contribution in [3.8, 4) is 0 Å². The van der Waals surface area contributed by atoms with Crippen molar-refractivity contribution in [3.63, 3.8) is 0 Å². The van der Waals surface area contributed by atoms with Crippen LogP contribution in [-0.4, -0.2) is 0 Å². The van der Waals surface area contributed by atoms with Gasteiger partial charge in [-0.1, -0.05) is 74.5 Å². The van der Waals surface area contributed by atoms with Crippen LogP contribution in [0.25, 0.3) is 12.2 Å². The van der Waals surface area contributed by atoms with Crippen LogP contribution in [-0.2, 0) is 9.75 Å². The second kappa shape index (κ2) is 5.25. The largest absolute Gasteiger partial charge is 0.108 e. The van der Waals surface area contributed by atoms with Crippen molar-refractivity contribution in [1.82, 2.24) is 0 Å². The summed E-state index contributed by atoms with van der Waals surface area (Å²) in [7, 11) is 0. The Morgan fingerprint density at radius 3 is 1.44 bits per heavy atom. The molecule has 2 atom stereocenters. The van der Waals surface area contributed by atoms with Crippen LogP contribution in [0.5, 0.6) is 0 Å². The third-order valence-corrected chi connectivity index (χ3v) is 8.17. The van der Waals surface area contributed by atoms with Gasteiger partial charge in [0.2, 0.25) is 0 Å². The molecular formula is C23H22Cl2. The first kappa shape index (κ1) is 16.9. The van der Waals surface area contributed by atoms with Crippen molar-refractivity contribution in [2.45, 2.75) is 37.4 Å². The van der Waals surface area contributed by atoms with E-state index in [9.17, 15) is 0 Å². The molecule has 4 rings (SSSR count). The highest BCUT2D eigenvalue weighted by atomic mass is 35.5. The predicted octanol–water partition coefficient (Wildman–Crippen LogP) is 7.12. The van der Waals surface area contributed by atoms with Gasteiger partial charge in [-0.15, -0.1) is 23.2 Å². The lowest BCUT2D eigenvalue weighted by Gasteiger charge is -2.51. The van der Waals surface area contributed by atoms with Gasteiger partial charge in [-0.2, -0.15) is 0 Å². The van der Waals surface area contributed by atoms with E-state index in [1.165, 1.54) is 11.1 Å². The highest BCUT2D eigenvalue weighted by molar-refractivity contribution is 6.32. The molecule has 0 heterocycles. The van der Waals surface area contributed by atoms with Gasteiger partial charge in [0.25, 0.3) is 0 Å². The molecule has 0 nitrogen and oxygen atoms in total. The van der Waals surface area contributed by atoms with Gasteiger partial charge in [0.1, 0.15) is 0 Å². The molecule has 0 saturated carbocycles. The third kappa shape index (κ3) is 1.90. The molecule has 0 N–H and O–H groups in total. The van der Waals surface area contributed by atoms with Crippen LogP contribution in [0.4, 0.5) is 0 Å². The maximum atomic E-state index is 7.46. The van der Waals surface area contributed by atoms with Crippen molar-refractivity contribution in [3.05, 3.63) is 81.9 Å². The second-order valence-corrected chi connectivity index (χ2v) is 8.91. The highest BCUT2D eigenvalue weighted by Crippen LogP contribution is 2.67. The number of hydrogen-bond donors (Lipinski definition) is 0. The number of rotatable bonds is 2. The zero-order chi connectivity index (χ0) is 18.0.